The van der Waals surface area contributed by atoms with Crippen molar-refractivity contribution in [2.75, 3.05) is 6.26 Å². The SMILES string of the molecule is C[Si](C)OS(C)(=O)=O. The van der Waals surface area contributed by atoms with Gasteiger partial charge in [0.25, 0.3) is 10.1 Å². The predicted octanol–water partition coefficient (Wildman–Crippen LogP) is 0.214. The maximum Gasteiger partial charge on any atom is 0.254 e. The van der Waals surface area contributed by atoms with Crippen molar-refractivity contribution in [2.24, 2.45) is 0 Å². The van der Waals surface area contributed by atoms with E-state index in [2.05, 4.69) is 3.87 Å². The van der Waals surface area contributed by atoms with Gasteiger partial charge in [-0.25, -0.2) is 8.42 Å². The Labute approximate surface area is 51.5 Å². The second-order valence-electron chi connectivity index (χ2n) is 1.70. The quantitative estimate of drug-likeness (QED) is 0.533. The van der Waals surface area contributed by atoms with Gasteiger partial charge in [0.2, 0.25) is 9.04 Å². The van der Waals surface area contributed by atoms with Crippen LogP contribution in [-0.4, -0.2) is 23.7 Å². The van der Waals surface area contributed by atoms with Crippen molar-refractivity contribution in [3.63, 3.8) is 0 Å². The maximum absolute atomic E-state index is 10.2. The Bertz CT molecular complexity index is 148. The molecule has 0 saturated carbocycles. The van der Waals surface area contributed by atoms with E-state index in [9.17, 15) is 8.42 Å². The molecule has 0 bridgehead atoms. The summed E-state index contributed by atoms with van der Waals surface area (Å²) in [5.74, 6) is 0. The van der Waals surface area contributed by atoms with Gasteiger partial charge in [0, 0.05) is 0 Å². The van der Waals surface area contributed by atoms with Crippen molar-refractivity contribution in [2.45, 2.75) is 13.1 Å². The summed E-state index contributed by atoms with van der Waals surface area (Å²) in [5, 5.41) is 0. The zero-order valence-corrected chi connectivity index (χ0v) is 6.95. The number of rotatable bonds is 2. The fraction of sp³-hybridized carbons (Fsp3) is 1.00. The van der Waals surface area contributed by atoms with Crippen LogP contribution in [0, 0.1) is 0 Å². The van der Waals surface area contributed by atoms with E-state index in [1.54, 1.807) is 13.1 Å². The predicted molar refractivity (Wildman–Crippen MR) is 33.4 cm³/mol. The van der Waals surface area contributed by atoms with Gasteiger partial charge in [-0.3, -0.25) is 0 Å². The minimum absolute atomic E-state index is 1.06. The second-order valence-corrected chi connectivity index (χ2v) is 5.59. The molecule has 0 atom stereocenters. The minimum atomic E-state index is -3.18. The van der Waals surface area contributed by atoms with Crippen LogP contribution in [0.25, 0.3) is 0 Å². The lowest BCUT2D eigenvalue weighted by Gasteiger charge is -1.99. The smallest absolute Gasteiger partial charge is 0.254 e. The van der Waals surface area contributed by atoms with E-state index < -0.39 is 19.2 Å². The van der Waals surface area contributed by atoms with Crippen LogP contribution in [0.3, 0.4) is 0 Å². The largest absolute Gasteiger partial charge is 0.316 e. The van der Waals surface area contributed by atoms with Gasteiger partial charge in [0.1, 0.15) is 0 Å². The first-order valence-corrected chi connectivity index (χ1v) is 6.34. The van der Waals surface area contributed by atoms with Gasteiger partial charge in [0.15, 0.2) is 0 Å². The van der Waals surface area contributed by atoms with E-state index in [1.807, 2.05) is 0 Å². The molecule has 3 nitrogen and oxygen atoms in total. The first kappa shape index (κ1) is 8.13. The summed E-state index contributed by atoms with van der Waals surface area (Å²) < 4.78 is 25.0. The van der Waals surface area contributed by atoms with Gasteiger partial charge < -0.3 is 3.87 Å². The Morgan fingerprint density at radius 1 is 1.38 bits per heavy atom. The molecule has 0 rings (SSSR count). The molecular formula is C3H9O3SSi. The van der Waals surface area contributed by atoms with Crippen molar-refractivity contribution < 1.29 is 12.3 Å². The summed E-state index contributed by atoms with van der Waals surface area (Å²) in [5.41, 5.74) is 0. The fourth-order valence-corrected chi connectivity index (χ4v) is 2.72. The summed E-state index contributed by atoms with van der Waals surface area (Å²) in [6.45, 7) is 3.54. The molecule has 0 saturated heterocycles. The van der Waals surface area contributed by atoms with Crippen molar-refractivity contribution in [3.8, 4) is 0 Å². The molecule has 1 radical (unpaired) electrons. The zero-order valence-electron chi connectivity index (χ0n) is 5.13. The Morgan fingerprint density at radius 3 is 1.75 bits per heavy atom. The molecular weight excluding hydrogens is 144 g/mol. The van der Waals surface area contributed by atoms with E-state index in [1.165, 1.54) is 0 Å². The van der Waals surface area contributed by atoms with Crippen molar-refractivity contribution in [1.82, 2.24) is 0 Å². The van der Waals surface area contributed by atoms with Crippen molar-refractivity contribution in [1.29, 1.82) is 0 Å². The van der Waals surface area contributed by atoms with Gasteiger partial charge in [-0.15, -0.1) is 0 Å². The Morgan fingerprint density at radius 2 is 1.75 bits per heavy atom. The highest BCUT2D eigenvalue weighted by Crippen LogP contribution is 1.90. The molecule has 0 fully saturated rings. The normalized spacial score (nSPS) is 12.5. The van der Waals surface area contributed by atoms with Gasteiger partial charge in [-0.2, -0.15) is 0 Å². The topological polar surface area (TPSA) is 43.4 Å². The summed E-state index contributed by atoms with van der Waals surface area (Å²) in [6, 6.07) is 0. The van der Waals surface area contributed by atoms with E-state index in [4.69, 9.17) is 0 Å². The molecule has 49 valence electrons. The second kappa shape index (κ2) is 2.61. The minimum Gasteiger partial charge on any atom is -0.316 e. The Kier molecular flexibility index (Phi) is 2.65. The molecule has 0 amide bonds. The zero-order chi connectivity index (χ0) is 6.78. The van der Waals surface area contributed by atoms with Gasteiger partial charge >= 0.3 is 0 Å². The van der Waals surface area contributed by atoms with Crippen LogP contribution in [0.4, 0.5) is 0 Å². The van der Waals surface area contributed by atoms with E-state index >= 15 is 0 Å². The van der Waals surface area contributed by atoms with Crippen LogP contribution >= 0.6 is 0 Å². The third-order valence-corrected chi connectivity index (χ3v) is 2.86. The highest BCUT2D eigenvalue weighted by molar-refractivity contribution is 7.86. The average Bonchev–Trinajstić information content (AvgIpc) is 1.21. The van der Waals surface area contributed by atoms with E-state index in [-0.39, 0.29) is 0 Å². The average molecular weight is 153 g/mol. The lowest BCUT2D eigenvalue weighted by molar-refractivity contribution is 0.502. The molecule has 0 unspecified atom stereocenters. The molecule has 8 heavy (non-hydrogen) atoms. The van der Waals surface area contributed by atoms with E-state index in [0.717, 1.165) is 6.26 Å². The number of hydrogen-bond donors (Lipinski definition) is 0. The lowest BCUT2D eigenvalue weighted by atomic mass is 11.9. The number of hydrogen-bond acceptors (Lipinski definition) is 3. The van der Waals surface area contributed by atoms with Crippen LogP contribution in [-0.2, 0) is 14.0 Å². The molecule has 0 N–H and O–H groups in total. The summed E-state index contributed by atoms with van der Waals surface area (Å²) in [7, 11) is -4.26. The molecule has 0 aliphatic carbocycles. The highest BCUT2D eigenvalue weighted by atomic mass is 32.2. The first-order valence-electron chi connectivity index (χ1n) is 2.11. The van der Waals surface area contributed by atoms with Crippen LogP contribution in [0.5, 0.6) is 0 Å². The van der Waals surface area contributed by atoms with Gasteiger partial charge in [-0.05, 0) is 13.1 Å². The molecule has 0 aromatic rings. The molecule has 0 aliphatic rings. The maximum atomic E-state index is 10.2. The standard InChI is InChI=1S/C3H9O3SSi/c1-7(4,5)6-8(2)3/h1-3H3. The van der Waals surface area contributed by atoms with Crippen molar-refractivity contribution >= 4 is 19.2 Å². The highest BCUT2D eigenvalue weighted by Gasteiger charge is 2.05. The molecule has 5 heteroatoms. The molecule has 0 spiro atoms. The third kappa shape index (κ3) is 6.13. The van der Waals surface area contributed by atoms with Crippen molar-refractivity contribution in [3.05, 3.63) is 0 Å². The fourth-order valence-electron chi connectivity index (χ4n) is 0.303. The van der Waals surface area contributed by atoms with Crippen LogP contribution in [0.1, 0.15) is 0 Å². The summed E-state index contributed by atoms with van der Waals surface area (Å²) in [6.07, 6.45) is 1.06. The molecule has 0 aromatic heterocycles. The molecule has 0 aromatic carbocycles. The third-order valence-electron chi connectivity index (χ3n) is 0.318. The van der Waals surface area contributed by atoms with E-state index in [0.29, 0.717) is 0 Å². The van der Waals surface area contributed by atoms with Gasteiger partial charge in [0.05, 0.1) is 6.26 Å². The molecule has 0 heterocycles. The first-order chi connectivity index (χ1) is 3.42. The Hall–Kier alpha value is 0.127. The monoisotopic (exact) mass is 153 g/mol. The summed E-state index contributed by atoms with van der Waals surface area (Å²) >= 11 is 0. The van der Waals surface area contributed by atoms with Crippen LogP contribution < -0.4 is 0 Å². The van der Waals surface area contributed by atoms with Crippen LogP contribution in [0.15, 0.2) is 0 Å². The molecule has 0 aliphatic heterocycles. The van der Waals surface area contributed by atoms with Crippen LogP contribution in [0.2, 0.25) is 13.1 Å². The van der Waals surface area contributed by atoms with Gasteiger partial charge in [-0.1, -0.05) is 0 Å². The summed E-state index contributed by atoms with van der Waals surface area (Å²) in [4.78, 5) is 0. The lowest BCUT2D eigenvalue weighted by Crippen LogP contribution is -2.13. The Balaban J connectivity index is 3.75.